The first-order valence-electron chi connectivity index (χ1n) is 5.76. The molecule has 3 N–H and O–H groups in total. The molecule has 0 aromatic heterocycles. The quantitative estimate of drug-likeness (QED) is 0.494. The van der Waals surface area contributed by atoms with Crippen LogP contribution in [0, 0.1) is 0 Å². The SMILES string of the molecule is CCCS(=O)(=O)NC(C)C(=O)NC(CO)COC. The lowest BCUT2D eigenvalue weighted by Gasteiger charge is -2.19. The van der Waals surface area contributed by atoms with Crippen LogP contribution in [-0.4, -0.2) is 57.6 Å². The van der Waals surface area contributed by atoms with E-state index >= 15 is 0 Å². The second-order valence-corrected chi connectivity index (χ2v) is 5.88. The summed E-state index contributed by atoms with van der Waals surface area (Å²) >= 11 is 0. The topological polar surface area (TPSA) is 105 Å². The number of amides is 1. The molecule has 0 fully saturated rings. The fraction of sp³-hybridized carbons (Fsp3) is 0.900. The number of rotatable bonds is 9. The summed E-state index contributed by atoms with van der Waals surface area (Å²) in [6.07, 6.45) is 0.479. The van der Waals surface area contributed by atoms with Crippen molar-refractivity contribution in [1.29, 1.82) is 0 Å². The van der Waals surface area contributed by atoms with Gasteiger partial charge in [-0.1, -0.05) is 6.92 Å². The van der Waals surface area contributed by atoms with Crippen molar-refractivity contribution < 1.29 is 23.1 Å². The van der Waals surface area contributed by atoms with E-state index in [-0.39, 0.29) is 19.0 Å². The lowest BCUT2D eigenvalue weighted by Crippen LogP contribution is -2.50. The number of sulfonamides is 1. The Morgan fingerprint density at radius 3 is 2.50 bits per heavy atom. The molecule has 0 saturated heterocycles. The van der Waals surface area contributed by atoms with Crippen molar-refractivity contribution >= 4 is 15.9 Å². The Labute approximate surface area is 108 Å². The molecular weight excluding hydrogens is 260 g/mol. The van der Waals surface area contributed by atoms with Crippen molar-refractivity contribution in [2.45, 2.75) is 32.4 Å². The Kier molecular flexibility index (Phi) is 8.08. The number of methoxy groups -OCH3 is 1. The minimum absolute atomic E-state index is 0.0217. The third-order valence-electron chi connectivity index (χ3n) is 2.16. The van der Waals surface area contributed by atoms with E-state index in [0.717, 1.165) is 0 Å². The Morgan fingerprint density at radius 1 is 1.44 bits per heavy atom. The average Bonchev–Trinajstić information content (AvgIpc) is 2.27. The minimum atomic E-state index is -3.44. The van der Waals surface area contributed by atoms with Crippen LogP contribution in [0.2, 0.25) is 0 Å². The van der Waals surface area contributed by atoms with E-state index in [1.807, 2.05) is 0 Å². The lowest BCUT2D eigenvalue weighted by molar-refractivity contribution is -0.123. The van der Waals surface area contributed by atoms with Crippen molar-refractivity contribution in [3.8, 4) is 0 Å². The van der Waals surface area contributed by atoms with Crippen LogP contribution in [0.15, 0.2) is 0 Å². The summed E-state index contributed by atoms with van der Waals surface area (Å²) < 4.78 is 30.0. The van der Waals surface area contributed by atoms with E-state index < -0.39 is 28.0 Å². The fourth-order valence-corrected chi connectivity index (χ4v) is 2.62. The maximum absolute atomic E-state index is 11.7. The molecule has 0 spiro atoms. The number of hydrogen-bond acceptors (Lipinski definition) is 5. The number of carbonyl (C=O) groups is 1. The number of ether oxygens (including phenoxy) is 1. The largest absolute Gasteiger partial charge is 0.394 e. The highest BCUT2D eigenvalue weighted by molar-refractivity contribution is 7.89. The molecule has 1 amide bonds. The molecule has 0 rings (SSSR count). The van der Waals surface area contributed by atoms with E-state index in [9.17, 15) is 13.2 Å². The van der Waals surface area contributed by atoms with Crippen LogP contribution in [0.4, 0.5) is 0 Å². The van der Waals surface area contributed by atoms with Crippen LogP contribution in [0.5, 0.6) is 0 Å². The molecule has 0 radical (unpaired) electrons. The van der Waals surface area contributed by atoms with Crippen LogP contribution in [0.1, 0.15) is 20.3 Å². The standard InChI is InChI=1S/C10H22N2O5S/c1-4-5-18(15,16)12-8(2)10(14)11-9(6-13)7-17-3/h8-9,12-13H,4-7H2,1-3H3,(H,11,14). The highest BCUT2D eigenvalue weighted by atomic mass is 32.2. The third kappa shape index (κ3) is 6.90. The van der Waals surface area contributed by atoms with Gasteiger partial charge < -0.3 is 15.2 Å². The maximum Gasteiger partial charge on any atom is 0.238 e. The minimum Gasteiger partial charge on any atom is -0.394 e. The van der Waals surface area contributed by atoms with E-state index in [0.29, 0.717) is 6.42 Å². The molecule has 2 atom stereocenters. The van der Waals surface area contributed by atoms with E-state index in [4.69, 9.17) is 9.84 Å². The molecule has 0 aliphatic carbocycles. The number of aliphatic hydroxyl groups excluding tert-OH is 1. The highest BCUT2D eigenvalue weighted by Crippen LogP contribution is 1.94. The van der Waals surface area contributed by atoms with E-state index in [1.165, 1.54) is 14.0 Å². The van der Waals surface area contributed by atoms with Gasteiger partial charge in [0, 0.05) is 7.11 Å². The molecule has 7 nitrogen and oxygen atoms in total. The predicted octanol–water partition coefficient (Wildman–Crippen LogP) is -1.17. The predicted molar refractivity (Wildman–Crippen MR) is 67.6 cm³/mol. The summed E-state index contributed by atoms with van der Waals surface area (Å²) in [5, 5.41) is 11.5. The number of carbonyl (C=O) groups excluding carboxylic acids is 1. The zero-order valence-corrected chi connectivity index (χ0v) is 11.8. The van der Waals surface area contributed by atoms with Crippen molar-refractivity contribution in [2.75, 3.05) is 26.1 Å². The normalized spacial score (nSPS) is 15.1. The molecule has 0 heterocycles. The first-order valence-corrected chi connectivity index (χ1v) is 7.41. The summed E-state index contributed by atoms with van der Waals surface area (Å²) in [6, 6.07) is -1.42. The van der Waals surface area contributed by atoms with Gasteiger partial charge in [-0.05, 0) is 13.3 Å². The smallest absolute Gasteiger partial charge is 0.238 e. The molecule has 8 heteroatoms. The van der Waals surface area contributed by atoms with Crippen LogP contribution in [0.3, 0.4) is 0 Å². The Balaban J connectivity index is 4.34. The fourth-order valence-electron chi connectivity index (χ4n) is 1.32. The van der Waals surface area contributed by atoms with Crippen LogP contribution in [-0.2, 0) is 19.6 Å². The molecule has 0 aromatic carbocycles. The van der Waals surface area contributed by atoms with Gasteiger partial charge in [-0.25, -0.2) is 13.1 Å². The molecule has 2 unspecified atom stereocenters. The summed E-state index contributed by atoms with van der Waals surface area (Å²) in [5.74, 6) is -0.516. The maximum atomic E-state index is 11.7. The summed E-state index contributed by atoms with van der Waals surface area (Å²) in [6.45, 7) is 3.08. The first kappa shape index (κ1) is 17.3. The van der Waals surface area contributed by atoms with E-state index in [2.05, 4.69) is 10.0 Å². The number of aliphatic hydroxyl groups is 1. The summed E-state index contributed by atoms with van der Waals surface area (Å²) in [5.41, 5.74) is 0. The molecule has 0 aliphatic rings. The third-order valence-corrected chi connectivity index (χ3v) is 3.82. The molecule has 0 bridgehead atoms. The zero-order chi connectivity index (χ0) is 14.2. The number of hydrogen-bond donors (Lipinski definition) is 3. The van der Waals surface area contributed by atoms with Crippen LogP contribution >= 0.6 is 0 Å². The van der Waals surface area contributed by atoms with E-state index in [1.54, 1.807) is 6.92 Å². The Hall–Kier alpha value is -0.700. The molecular formula is C10H22N2O5S. The summed E-state index contributed by atoms with van der Waals surface area (Å²) in [7, 11) is -1.99. The average molecular weight is 282 g/mol. The second-order valence-electron chi connectivity index (χ2n) is 4.00. The van der Waals surface area contributed by atoms with Crippen molar-refractivity contribution in [2.24, 2.45) is 0 Å². The Bertz CT molecular complexity index is 344. The zero-order valence-electron chi connectivity index (χ0n) is 11.0. The van der Waals surface area contributed by atoms with Crippen LogP contribution < -0.4 is 10.0 Å². The van der Waals surface area contributed by atoms with Gasteiger partial charge in [0.05, 0.1) is 31.1 Å². The lowest BCUT2D eigenvalue weighted by atomic mass is 10.3. The molecule has 0 saturated carbocycles. The summed E-state index contributed by atoms with van der Waals surface area (Å²) in [4.78, 5) is 11.7. The van der Waals surface area contributed by atoms with Crippen molar-refractivity contribution in [1.82, 2.24) is 10.0 Å². The molecule has 18 heavy (non-hydrogen) atoms. The molecule has 108 valence electrons. The Morgan fingerprint density at radius 2 is 2.06 bits per heavy atom. The van der Waals surface area contributed by atoms with Gasteiger partial charge >= 0.3 is 0 Å². The first-order chi connectivity index (χ1) is 8.36. The van der Waals surface area contributed by atoms with Gasteiger partial charge in [0.2, 0.25) is 15.9 Å². The number of nitrogens with one attached hydrogen (secondary N) is 2. The molecule has 0 aliphatic heterocycles. The van der Waals surface area contributed by atoms with Gasteiger partial charge in [-0.3, -0.25) is 4.79 Å². The van der Waals surface area contributed by atoms with Gasteiger partial charge in [0.1, 0.15) is 0 Å². The van der Waals surface area contributed by atoms with Crippen molar-refractivity contribution in [3.05, 3.63) is 0 Å². The van der Waals surface area contributed by atoms with Crippen LogP contribution in [0.25, 0.3) is 0 Å². The van der Waals surface area contributed by atoms with Gasteiger partial charge in [0.15, 0.2) is 0 Å². The monoisotopic (exact) mass is 282 g/mol. The van der Waals surface area contributed by atoms with Gasteiger partial charge in [-0.15, -0.1) is 0 Å². The second kappa shape index (κ2) is 8.41. The molecule has 0 aromatic rings. The van der Waals surface area contributed by atoms with Crippen molar-refractivity contribution in [3.63, 3.8) is 0 Å². The van der Waals surface area contributed by atoms with Gasteiger partial charge in [0.25, 0.3) is 0 Å². The highest BCUT2D eigenvalue weighted by Gasteiger charge is 2.21. The van der Waals surface area contributed by atoms with Gasteiger partial charge in [-0.2, -0.15) is 0 Å².